The molecule has 0 bridgehead atoms. The van der Waals surface area contributed by atoms with Gasteiger partial charge in [-0.2, -0.15) is 0 Å². The monoisotopic (exact) mass is 442 g/mol. The summed E-state index contributed by atoms with van der Waals surface area (Å²) in [7, 11) is 0. The van der Waals surface area contributed by atoms with E-state index in [1.807, 2.05) is 6.92 Å². The number of carbonyl (C=O) groups excluding carboxylic acids is 2. The molecule has 2 aromatic carbocycles. The number of hydrogen-bond donors (Lipinski definition) is 1. The van der Waals surface area contributed by atoms with Crippen LogP contribution in [-0.2, 0) is 4.79 Å². The number of ether oxygens (including phenoxy) is 2. The van der Waals surface area contributed by atoms with Crippen LogP contribution >= 0.6 is 34.8 Å². The maximum atomic E-state index is 12.9. The highest BCUT2D eigenvalue weighted by Gasteiger charge is 2.24. The van der Waals surface area contributed by atoms with E-state index >= 15 is 0 Å². The Morgan fingerprint density at radius 1 is 1.11 bits per heavy atom. The van der Waals surface area contributed by atoms with E-state index < -0.39 is 0 Å². The molecule has 148 valence electrons. The lowest BCUT2D eigenvalue weighted by Crippen LogP contribution is -2.38. The average Bonchev–Trinajstić information content (AvgIpc) is 3.12. The van der Waals surface area contributed by atoms with Crippen LogP contribution < -0.4 is 14.8 Å². The fourth-order valence-corrected chi connectivity index (χ4v) is 3.47. The number of benzene rings is 2. The topological polar surface area (TPSA) is 67.9 Å². The van der Waals surface area contributed by atoms with Crippen LogP contribution in [0, 0.1) is 0 Å². The maximum Gasteiger partial charge on any atom is 0.254 e. The van der Waals surface area contributed by atoms with Crippen LogP contribution in [0.1, 0.15) is 23.7 Å². The Balaban J connectivity index is 1.74. The first kappa shape index (κ1) is 20.6. The van der Waals surface area contributed by atoms with Gasteiger partial charge in [0.25, 0.3) is 5.91 Å². The molecular weight excluding hydrogens is 427 g/mol. The average molecular weight is 444 g/mol. The molecular formula is C19H17Cl3N2O4. The smallest absolute Gasteiger partial charge is 0.254 e. The summed E-state index contributed by atoms with van der Waals surface area (Å²) in [5.41, 5.74) is 0.742. The minimum absolute atomic E-state index is 0.0512. The zero-order chi connectivity index (χ0) is 20.3. The molecule has 0 saturated carbocycles. The van der Waals surface area contributed by atoms with E-state index in [4.69, 9.17) is 44.3 Å². The molecule has 1 aliphatic rings. The summed E-state index contributed by atoms with van der Waals surface area (Å²) in [6, 6.07) is 7.82. The Hall–Kier alpha value is -2.15. The van der Waals surface area contributed by atoms with Gasteiger partial charge in [0.2, 0.25) is 12.7 Å². The van der Waals surface area contributed by atoms with Gasteiger partial charge < -0.3 is 19.7 Å². The van der Waals surface area contributed by atoms with Crippen molar-refractivity contribution in [1.29, 1.82) is 0 Å². The molecule has 2 amide bonds. The third-order valence-electron chi connectivity index (χ3n) is 3.99. The molecule has 1 aliphatic heterocycles. The molecule has 0 spiro atoms. The molecule has 2 aromatic rings. The summed E-state index contributed by atoms with van der Waals surface area (Å²) in [6.45, 7) is 2.22. The first-order valence-electron chi connectivity index (χ1n) is 8.52. The highest BCUT2D eigenvalue weighted by molar-refractivity contribution is 6.36. The lowest BCUT2D eigenvalue weighted by molar-refractivity contribution is -0.116. The summed E-state index contributed by atoms with van der Waals surface area (Å²) in [6.07, 6.45) is 0.680. The number of nitrogens with zero attached hydrogens (tertiary/aromatic N) is 1. The van der Waals surface area contributed by atoms with Gasteiger partial charge in [-0.05, 0) is 36.8 Å². The maximum absolute atomic E-state index is 12.9. The van der Waals surface area contributed by atoms with Crippen LogP contribution in [0.4, 0.5) is 5.69 Å². The van der Waals surface area contributed by atoms with Crippen molar-refractivity contribution in [2.75, 3.05) is 25.2 Å². The van der Waals surface area contributed by atoms with Gasteiger partial charge >= 0.3 is 0 Å². The van der Waals surface area contributed by atoms with E-state index in [0.29, 0.717) is 45.8 Å². The SMILES string of the molecule is CCCN(CC(=O)Nc1ccc(Cl)cc1Cl)C(=O)c1cc(Cl)c2c(c1)OCO2. The molecule has 6 nitrogen and oxygen atoms in total. The Morgan fingerprint density at radius 3 is 2.61 bits per heavy atom. The first-order chi connectivity index (χ1) is 13.4. The lowest BCUT2D eigenvalue weighted by atomic mass is 10.1. The summed E-state index contributed by atoms with van der Waals surface area (Å²) in [5.74, 6) is 0.109. The third-order valence-corrected chi connectivity index (χ3v) is 4.82. The van der Waals surface area contributed by atoms with Gasteiger partial charge in [-0.3, -0.25) is 9.59 Å². The van der Waals surface area contributed by atoms with Gasteiger partial charge in [0, 0.05) is 17.1 Å². The molecule has 0 atom stereocenters. The van der Waals surface area contributed by atoms with Crippen molar-refractivity contribution >= 4 is 52.3 Å². The van der Waals surface area contributed by atoms with E-state index in [0.717, 1.165) is 0 Å². The van der Waals surface area contributed by atoms with Crippen molar-refractivity contribution in [2.24, 2.45) is 0 Å². The molecule has 1 heterocycles. The normalized spacial score (nSPS) is 12.0. The quantitative estimate of drug-likeness (QED) is 0.692. The molecule has 0 aromatic heterocycles. The van der Waals surface area contributed by atoms with Gasteiger partial charge in [-0.25, -0.2) is 0 Å². The summed E-state index contributed by atoms with van der Waals surface area (Å²) < 4.78 is 10.6. The zero-order valence-corrected chi connectivity index (χ0v) is 17.2. The molecule has 0 saturated heterocycles. The number of halogens is 3. The predicted octanol–water partition coefficient (Wildman–Crippen LogP) is 4.87. The summed E-state index contributed by atoms with van der Waals surface area (Å²) in [5, 5.41) is 3.76. The fourth-order valence-electron chi connectivity index (χ4n) is 2.75. The first-order valence-corrected chi connectivity index (χ1v) is 9.65. The van der Waals surface area contributed by atoms with Gasteiger partial charge in [0.15, 0.2) is 11.5 Å². The Bertz CT molecular complexity index is 920. The molecule has 28 heavy (non-hydrogen) atoms. The fraction of sp³-hybridized carbons (Fsp3) is 0.263. The van der Waals surface area contributed by atoms with Gasteiger partial charge in [0.1, 0.15) is 6.54 Å². The van der Waals surface area contributed by atoms with E-state index in [2.05, 4.69) is 5.32 Å². The predicted molar refractivity (Wildman–Crippen MR) is 109 cm³/mol. The molecule has 0 unspecified atom stereocenters. The zero-order valence-electron chi connectivity index (χ0n) is 14.9. The molecule has 0 radical (unpaired) electrons. The number of amides is 2. The van der Waals surface area contributed by atoms with Crippen LogP contribution in [0.3, 0.4) is 0 Å². The standard InChI is InChI=1S/C19H17Cl3N2O4/c1-2-5-24(9-17(25)23-15-4-3-12(20)8-13(15)21)19(26)11-6-14(22)18-16(7-11)27-10-28-18/h3-4,6-8H,2,5,9-10H2,1H3,(H,23,25). The van der Waals surface area contributed by atoms with Crippen LogP contribution in [-0.4, -0.2) is 36.6 Å². The minimum atomic E-state index is -0.377. The Labute approximate surface area is 177 Å². The van der Waals surface area contributed by atoms with Crippen molar-refractivity contribution in [3.63, 3.8) is 0 Å². The van der Waals surface area contributed by atoms with Gasteiger partial charge in [-0.1, -0.05) is 41.7 Å². The van der Waals surface area contributed by atoms with Crippen molar-refractivity contribution in [3.8, 4) is 11.5 Å². The van der Waals surface area contributed by atoms with E-state index in [-0.39, 0.29) is 30.2 Å². The Morgan fingerprint density at radius 2 is 1.89 bits per heavy atom. The molecule has 3 rings (SSSR count). The molecule has 9 heteroatoms. The molecule has 0 aliphatic carbocycles. The van der Waals surface area contributed by atoms with E-state index in [1.165, 1.54) is 17.0 Å². The number of hydrogen-bond acceptors (Lipinski definition) is 4. The van der Waals surface area contributed by atoms with Crippen molar-refractivity contribution in [3.05, 3.63) is 51.0 Å². The van der Waals surface area contributed by atoms with E-state index in [1.54, 1.807) is 18.2 Å². The van der Waals surface area contributed by atoms with Crippen LogP contribution in [0.25, 0.3) is 0 Å². The number of nitrogens with one attached hydrogen (secondary N) is 1. The second kappa shape index (κ2) is 8.90. The van der Waals surface area contributed by atoms with Crippen LogP contribution in [0.2, 0.25) is 15.1 Å². The number of carbonyl (C=O) groups is 2. The summed E-state index contributed by atoms with van der Waals surface area (Å²) in [4.78, 5) is 26.8. The molecule has 1 N–H and O–H groups in total. The highest BCUT2D eigenvalue weighted by atomic mass is 35.5. The molecule has 0 fully saturated rings. The summed E-state index contributed by atoms with van der Waals surface area (Å²) >= 11 is 18.1. The Kier molecular flexibility index (Phi) is 6.54. The van der Waals surface area contributed by atoms with Crippen molar-refractivity contribution in [1.82, 2.24) is 4.90 Å². The number of rotatable bonds is 6. The number of fused-ring (bicyclic) bond motifs is 1. The van der Waals surface area contributed by atoms with Crippen molar-refractivity contribution < 1.29 is 19.1 Å². The second-order valence-electron chi connectivity index (χ2n) is 6.09. The lowest BCUT2D eigenvalue weighted by Gasteiger charge is -2.22. The second-order valence-corrected chi connectivity index (χ2v) is 7.34. The van der Waals surface area contributed by atoms with Crippen LogP contribution in [0.15, 0.2) is 30.3 Å². The van der Waals surface area contributed by atoms with Gasteiger partial charge in [-0.15, -0.1) is 0 Å². The highest BCUT2D eigenvalue weighted by Crippen LogP contribution is 2.40. The number of anilines is 1. The largest absolute Gasteiger partial charge is 0.454 e. The minimum Gasteiger partial charge on any atom is -0.454 e. The van der Waals surface area contributed by atoms with Gasteiger partial charge in [0.05, 0.1) is 15.7 Å². The third kappa shape index (κ3) is 4.63. The van der Waals surface area contributed by atoms with Crippen LogP contribution in [0.5, 0.6) is 11.5 Å². The van der Waals surface area contributed by atoms with E-state index in [9.17, 15) is 9.59 Å². The van der Waals surface area contributed by atoms with Crippen molar-refractivity contribution in [2.45, 2.75) is 13.3 Å².